The van der Waals surface area contributed by atoms with Crippen LogP contribution in [0.15, 0.2) is 0 Å². The molecule has 0 atom stereocenters. The molecule has 0 aliphatic heterocycles. The monoisotopic (exact) mass is 176 g/mol. The summed E-state index contributed by atoms with van der Waals surface area (Å²) in [6.07, 6.45) is 3.99. The lowest BCUT2D eigenvalue weighted by Gasteiger charge is -2.30. The van der Waals surface area contributed by atoms with Gasteiger partial charge in [0.15, 0.2) is 0 Å². The molecular weight excluding hydrogens is 156 g/mol. The molecule has 1 N–H and O–H groups in total. The van der Waals surface area contributed by atoms with Crippen molar-refractivity contribution in [3.8, 4) is 0 Å². The zero-order chi connectivity index (χ0) is 8.74. The summed E-state index contributed by atoms with van der Waals surface area (Å²) in [6, 6.07) is 0. The zero-order valence-corrected chi connectivity index (χ0v) is 9.89. The minimum absolute atomic E-state index is 0.0783. The van der Waals surface area contributed by atoms with Gasteiger partial charge in [-0.25, -0.2) is 0 Å². The molecule has 0 aromatic carbocycles. The van der Waals surface area contributed by atoms with E-state index in [0.29, 0.717) is 0 Å². The van der Waals surface area contributed by atoms with E-state index in [-0.39, 0.29) is 12.2 Å². The number of hydrogen-bond donors (Lipinski definition) is 1. The van der Waals surface area contributed by atoms with Crippen molar-refractivity contribution in [3.63, 3.8) is 0 Å². The summed E-state index contributed by atoms with van der Waals surface area (Å²) in [5, 5.41) is 8.67. The Kier molecular flexibility index (Phi) is 5.82. The van der Waals surface area contributed by atoms with E-state index in [4.69, 9.17) is 9.53 Å². The average Bonchev–Trinajstić information content (AvgIpc) is 2.08. The van der Waals surface area contributed by atoms with Crippen LogP contribution >= 0.6 is 0 Å². The molecule has 11 heavy (non-hydrogen) atoms. The van der Waals surface area contributed by atoms with Crippen LogP contribution in [0.5, 0.6) is 0 Å². The van der Waals surface area contributed by atoms with E-state index in [1.54, 1.807) is 0 Å². The van der Waals surface area contributed by atoms with Gasteiger partial charge in [0.25, 0.3) is 0 Å². The van der Waals surface area contributed by atoms with Crippen molar-refractivity contribution in [1.29, 1.82) is 0 Å². The Bertz CT molecular complexity index is 83.8. The number of hydrogen-bond acceptors (Lipinski definition) is 2. The summed E-state index contributed by atoms with van der Waals surface area (Å²) >= 11 is 0. The molecule has 0 aliphatic carbocycles. The fourth-order valence-corrected chi connectivity index (χ4v) is 2.18. The van der Waals surface area contributed by atoms with Crippen LogP contribution in [0.2, 0.25) is 0 Å². The molecule has 0 aromatic rings. The van der Waals surface area contributed by atoms with E-state index in [2.05, 4.69) is 13.8 Å². The van der Waals surface area contributed by atoms with Crippen molar-refractivity contribution < 1.29 is 9.53 Å². The van der Waals surface area contributed by atoms with E-state index in [1.807, 2.05) is 0 Å². The van der Waals surface area contributed by atoms with Crippen molar-refractivity contribution >= 4 is 10.5 Å². The van der Waals surface area contributed by atoms with E-state index >= 15 is 0 Å². The molecule has 0 saturated carbocycles. The molecule has 0 bridgehead atoms. The van der Waals surface area contributed by atoms with E-state index in [1.165, 1.54) is 0 Å². The van der Waals surface area contributed by atoms with Gasteiger partial charge < -0.3 is 9.53 Å². The van der Waals surface area contributed by atoms with Crippen LogP contribution in [-0.2, 0) is 4.43 Å². The second-order valence-corrected chi connectivity index (χ2v) is 3.33. The van der Waals surface area contributed by atoms with E-state index in [0.717, 1.165) is 36.2 Å². The lowest BCUT2D eigenvalue weighted by atomic mass is 9.92. The lowest BCUT2D eigenvalue weighted by molar-refractivity contribution is 0.0534. The number of aliphatic hydroxyl groups is 1. The summed E-state index contributed by atoms with van der Waals surface area (Å²) in [4.78, 5) is 0. The molecule has 0 amide bonds. The van der Waals surface area contributed by atoms with Gasteiger partial charge >= 0.3 is 0 Å². The highest BCUT2D eigenvalue weighted by molar-refractivity contribution is 5.98. The molecule has 0 spiro atoms. The first-order chi connectivity index (χ1) is 5.24. The standard InChI is InChI=1S/C8H20O2Si/c1-3-8(4-2,10-11)6-5-7-9/h9H,3-7H2,1-2,11H3. The Balaban J connectivity index is 3.84. The van der Waals surface area contributed by atoms with Crippen LogP contribution < -0.4 is 0 Å². The van der Waals surface area contributed by atoms with Crippen molar-refractivity contribution in [3.05, 3.63) is 0 Å². The molecule has 0 aromatic heterocycles. The molecular formula is C8H20O2Si. The molecule has 3 heteroatoms. The van der Waals surface area contributed by atoms with Crippen LogP contribution in [0.3, 0.4) is 0 Å². The molecule has 0 aliphatic rings. The van der Waals surface area contributed by atoms with Gasteiger partial charge in [-0.1, -0.05) is 13.8 Å². The first-order valence-corrected chi connectivity index (χ1v) is 5.22. The van der Waals surface area contributed by atoms with Crippen molar-refractivity contribution in [2.24, 2.45) is 0 Å². The molecule has 0 heterocycles. The van der Waals surface area contributed by atoms with Crippen LogP contribution in [0.4, 0.5) is 0 Å². The molecule has 0 unspecified atom stereocenters. The van der Waals surface area contributed by atoms with Gasteiger partial charge in [-0.2, -0.15) is 0 Å². The Labute approximate surface area is 72.5 Å². The Hall–Kier alpha value is 0.137. The minimum Gasteiger partial charge on any atom is -0.422 e. The first-order valence-electron chi connectivity index (χ1n) is 4.40. The summed E-state index contributed by atoms with van der Waals surface area (Å²) < 4.78 is 5.57. The predicted molar refractivity (Wildman–Crippen MR) is 50.7 cm³/mol. The lowest BCUT2D eigenvalue weighted by Crippen LogP contribution is -2.30. The third-order valence-electron chi connectivity index (χ3n) is 2.51. The summed E-state index contributed by atoms with van der Waals surface area (Å²) in [5.41, 5.74) is 0.0783. The summed E-state index contributed by atoms with van der Waals surface area (Å²) in [6.45, 7) is 4.59. The number of rotatable bonds is 6. The van der Waals surface area contributed by atoms with Crippen molar-refractivity contribution in [2.75, 3.05) is 6.61 Å². The number of aliphatic hydroxyl groups excluding tert-OH is 1. The highest BCUT2D eigenvalue weighted by Crippen LogP contribution is 2.24. The first kappa shape index (κ1) is 11.1. The smallest absolute Gasteiger partial charge is 0.146 e. The molecule has 0 rings (SSSR count). The third kappa shape index (κ3) is 3.36. The SMILES string of the molecule is CCC(CC)(CCCO)O[SiH3]. The Morgan fingerprint density at radius 3 is 2.18 bits per heavy atom. The van der Waals surface area contributed by atoms with Crippen LogP contribution in [0, 0.1) is 0 Å². The summed E-state index contributed by atoms with van der Waals surface area (Å²) in [7, 11) is 0.801. The van der Waals surface area contributed by atoms with Gasteiger partial charge in [-0.15, -0.1) is 0 Å². The van der Waals surface area contributed by atoms with Crippen molar-refractivity contribution in [1.82, 2.24) is 0 Å². The van der Waals surface area contributed by atoms with E-state index in [9.17, 15) is 0 Å². The van der Waals surface area contributed by atoms with Gasteiger partial charge in [0.05, 0.1) is 5.60 Å². The topological polar surface area (TPSA) is 29.5 Å². The molecule has 68 valence electrons. The maximum atomic E-state index is 8.67. The zero-order valence-electron chi connectivity index (χ0n) is 7.89. The van der Waals surface area contributed by atoms with Gasteiger partial charge in [0, 0.05) is 6.61 Å². The Morgan fingerprint density at radius 1 is 1.36 bits per heavy atom. The van der Waals surface area contributed by atoms with E-state index < -0.39 is 0 Å². The fourth-order valence-electron chi connectivity index (χ4n) is 1.40. The van der Waals surface area contributed by atoms with Gasteiger partial charge in [-0.3, -0.25) is 0 Å². The van der Waals surface area contributed by atoms with Gasteiger partial charge in [-0.05, 0) is 25.7 Å². The maximum Gasteiger partial charge on any atom is 0.146 e. The fraction of sp³-hybridized carbons (Fsp3) is 1.00. The molecule has 2 nitrogen and oxygen atoms in total. The van der Waals surface area contributed by atoms with Crippen LogP contribution in [0.25, 0.3) is 0 Å². The molecule has 0 fully saturated rings. The Morgan fingerprint density at radius 2 is 1.91 bits per heavy atom. The maximum absolute atomic E-state index is 8.67. The quantitative estimate of drug-likeness (QED) is 0.601. The second-order valence-electron chi connectivity index (χ2n) is 2.92. The molecule has 0 radical (unpaired) electrons. The minimum atomic E-state index is 0.0783. The van der Waals surface area contributed by atoms with Crippen LogP contribution in [0.1, 0.15) is 39.5 Å². The average molecular weight is 176 g/mol. The third-order valence-corrected chi connectivity index (χ3v) is 3.38. The van der Waals surface area contributed by atoms with Gasteiger partial charge in [0.2, 0.25) is 0 Å². The highest BCUT2D eigenvalue weighted by atomic mass is 28.2. The van der Waals surface area contributed by atoms with Crippen LogP contribution in [-0.4, -0.2) is 27.8 Å². The van der Waals surface area contributed by atoms with Crippen molar-refractivity contribution in [2.45, 2.75) is 45.1 Å². The van der Waals surface area contributed by atoms with Gasteiger partial charge in [0.1, 0.15) is 10.5 Å². The highest BCUT2D eigenvalue weighted by Gasteiger charge is 2.23. The summed E-state index contributed by atoms with van der Waals surface area (Å²) in [5.74, 6) is 0. The normalized spacial score (nSPS) is 12.3. The second kappa shape index (κ2) is 5.74. The predicted octanol–water partition coefficient (Wildman–Crippen LogP) is 0.615. The largest absolute Gasteiger partial charge is 0.422 e. The molecule has 0 saturated heterocycles.